The maximum absolute atomic E-state index is 13.7. The number of halogens is 3. The van der Waals surface area contributed by atoms with Crippen molar-refractivity contribution < 1.29 is 27.1 Å². The zero-order valence-electron chi connectivity index (χ0n) is 23.1. The van der Waals surface area contributed by atoms with Crippen LogP contribution in [0.5, 0.6) is 11.5 Å². The van der Waals surface area contributed by atoms with Crippen LogP contribution in [0.15, 0.2) is 76.7 Å². The van der Waals surface area contributed by atoms with Gasteiger partial charge in [0.1, 0.15) is 12.4 Å². The number of aryl methyl sites for hydroxylation is 1. The minimum Gasteiger partial charge on any atom is -0.493 e. The molecule has 1 N–H and O–H groups in total. The van der Waals surface area contributed by atoms with Gasteiger partial charge in [-0.25, -0.2) is 18.2 Å². The van der Waals surface area contributed by atoms with E-state index in [2.05, 4.69) is 10.5 Å². The molecule has 4 rings (SSSR count). The molecular formula is C29H27Cl2FN4O5S. The first-order chi connectivity index (χ1) is 20.0. The summed E-state index contributed by atoms with van der Waals surface area (Å²) in [6, 6.07) is 15.8. The third kappa shape index (κ3) is 6.53. The summed E-state index contributed by atoms with van der Waals surface area (Å²) in [6.07, 6.45) is 1.45. The quantitative estimate of drug-likeness (QED) is 0.173. The van der Waals surface area contributed by atoms with Crippen molar-refractivity contribution >= 4 is 51.0 Å². The molecule has 0 saturated heterocycles. The number of carbonyl (C=O) groups excluding carboxylic acids is 1. The normalized spacial score (nSPS) is 11.5. The molecule has 0 saturated carbocycles. The Balaban J connectivity index is 1.59. The van der Waals surface area contributed by atoms with Crippen molar-refractivity contribution in [2.24, 2.45) is 5.10 Å². The van der Waals surface area contributed by atoms with E-state index in [0.717, 1.165) is 33.5 Å². The van der Waals surface area contributed by atoms with Crippen molar-refractivity contribution in [3.63, 3.8) is 0 Å². The van der Waals surface area contributed by atoms with Gasteiger partial charge in [-0.05, 0) is 74.5 Å². The maximum atomic E-state index is 13.7. The second kappa shape index (κ2) is 12.8. The number of sulfonamides is 1. The molecule has 42 heavy (non-hydrogen) atoms. The summed E-state index contributed by atoms with van der Waals surface area (Å²) in [5.74, 6) is -0.776. The highest BCUT2D eigenvalue weighted by Crippen LogP contribution is 2.32. The van der Waals surface area contributed by atoms with Gasteiger partial charge in [0, 0.05) is 28.0 Å². The Morgan fingerprint density at radius 2 is 1.69 bits per heavy atom. The van der Waals surface area contributed by atoms with Gasteiger partial charge in [-0.2, -0.15) is 5.10 Å². The van der Waals surface area contributed by atoms with Crippen LogP contribution in [-0.2, 0) is 14.8 Å². The fraction of sp³-hybridized carbons (Fsp3) is 0.172. The molecule has 3 aromatic carbocycles. The van der Waals surface area contributed by atoms with Gasteiger partial charge in [0.2, 0.25) is 0 Å². The number of rotatable bonds is 10. The molecule has 0 fully saturated rings. The van der Waals surface area contributed by atoms with Crippen LogP contribution < -0.4 is 19.2 Å². The average Bonchev–Trinajstić information content (AvgIpc) is 3.24. The lowest BCUT2D eigenvalue weighted by Crippen LogP contribution is -2.39. The van der Waals surface area contributed by atoms with E-state index in [4.69, 9.17) is 32.7 Å². The number of carbonyl (C=O) groups is 1. The standard InChI is InChI=1S/C29H27Cl2FN4O5S/c1-18-13-20(19(2)36(18)26-11-5-21(30)14-25(26)31)16-33-34-29(37)17-35(23-8-6-22(32)7-9-23)42(38,39)24-10-12-27(40-3)28(15-24)41-4/h5-16H,17H2,1-4H3,(H,34,37)/b33-16-. The van der Waals surface area contributed by atoms with Crippen molar-refractivity contribution in [3.05, 3.63) is 99.5 Å². The van der Waals surface area contributed by atoms with Crippen LogP contribution in [0.2, 0.25) is 10.0 Å². The minimum atomic E-state index is -4.31. The number of amides is 1. The Hall–Kier alpha value is -4.06. The van der Waals surface area contributed by atoms with E-state index in [1.807, 2.05) is 24.5 Å². The number of hydrazone groups is 1. The van der Waals surface area contributed by atoms with Gasteiger partial charge in [0.15, 0.2) is 11.5 Å². The second-order valence-corrected chi connectivity index (χ2v) is 11.8. The summed E-state index contributed by atoms with van der Waals surface area (Å²) in [5, 5.41) is 5.03. The number of hydrogen-bond acceptors (Lipinski definition) is 6. The fourth-order valence-electron chi connectivity index (χ4n) is 4.32. The van der Waals surface area contributed by atoms with E-state index >= 15 is 0 Å². The van der Waals surface area contributed by atoms with E-state index in [0.29, 0.717) is 21.4 Å². The minimum absolute atomic E-state index is 0.0775. The molecule has 0 spiro atoms. The molecule has 0 radical (unpaired) electrons. The van der Waals surface area contributed by atoms with E-state index in [-0.39, 0.29) is 16.3 Å². The van der Waals surface area contributed by atoms with E-state index in [9.17, 15) is 17.6 Å². The van der Waals surface area contributed by atoms with Crippen molar-refractivity contribution in [2.45, 2.75) is 18.7 Å². The zero-order chi connectivity index (χ0) is 30.6. The van der Waals surface area contributed by atoms with Gasteiger partial charge < -0.3 is 14.0 Å². The number of methoxy groups -OCH3 is 2. The summed E-state index contributed by atoms with van der Waals surface area (Å²) in [4.78, 5) is 12.8. The molecule has 0 aliphatic carbocycles. The van der Waals surface area contributed by atoms with Crippen LogP contribution in [0.1, 0.15) is 17.0 Å². The monoisotopic (exact) mass is 632 g/mol. The molecular weight excluding hydrogens is 606 g/mol. The first kappa shape index (κ1) is 30.9. The summed E-state index contributed by atoms with van der Waals surface area (Å²) in [6.45, 7) is 3.12. The lowest BCUT2D eigenvalue weighted by molar-refractivity contribution is -0.119. The summed E-state index contributed by atoms with van der Waals surface area (Å²) in [7, 11) is -1.51. The lowest BCUT2D eigenvalue weighted by atomic mass is 10.2. The molecule has 4 aromatic rings. The predicted molar refractivity (Wildman–Crippen MR) is 161 cm³/mol. The smallest absolute Gasteiger partial charge is 0.264 e. The Morgan fingerprint density at radius 1 is 1.00 bits per heavy atom. The molecule has 1 heterocycles. The van der Waals surface area contributed by atoms with Crippen LogP contribution >= 0.6 is 23.2 Å². The highest BCUT2D eigenvalue weighted by Gasteiger charge is 2.28. The Labute approximate surface area is 253 Å². The van der Waals surface area contributed by atoms with Crippen LogP contribution in [-0.4, -0.2) is 45.9 Å². The summed E-state index contributed by atoms with van der Waals surface area (Å²) >= 11 is 12.4. The number of benzene rings is 3. The van der Waals surface area contributed by atoms with E-state index in [1.54, 1.807) is 18.2 Å². The number of anilines is 1. The first-order valence-corrected chi connectivity index (χ1v) is 14.6. The van der Waals surface area contributed by atoms with Crippen LogP contribution in [0, 0.1) is 19.7 Å². The Kier molecular flexibility index (Phi) is 9.45. The van der Waals surface area contributed by atoms with Crippen molar-refractivity contribution in [1.29, 1.82) is 0 Å². The highest BCUT2D eigenvalue weighted by atomic mass is 35.5. The Bertz CT molecular complexity index is 1760. The summed E-state index contributed by atoms with van der Waals surface area (Å²) < 4.78 is 54.2. The average molecular weight is 634 g/mol. The SMILES string of the molecule is COc1ccc(S(=O)(=O)N(CC(=O)N/N=C\c2cc(C)n(-c3ccc(Cl)cc3Cl)c2C)c2ccc(F)cc2)cc1OC. The first-order valence-electron chi connectivity index (χ1n) is 12.4. The van der Waals surface area contributed by atoms with Crippen molar-refractivity contribution in [3.8, 4) is 17.2 Å². The van der Waals surface area contributed by atoms with Gasteiger partial charge in [0.05, 0.1) is 41.7 Å². The molecule has 1 amide bonds. The topological polar surface area (TPSA) is 102 Å². The van der Waals surface area contributed by atoms with Gasteiger partial charge in [-0.3, -0.25) is 9.10 Å². The number of aromatic nitrogens is 1. The fourth-order valence-corrected chi connectivity index (χ4v) is 6.25. The molecule has 0 aliphatic rings. The molecule has 1 aromatic heterocycles. The number of nitrogens with one attached hydrogen (secondary N) is 1. The van der Waals surface area contributed by atoms with E-state index in [1.165, 1.54) is 50.8 Å². The zero-order valence-corrected chi connectivity index (χ0v) is 25.4. The van der Waals surface area contributed by atoms with Gasteiger partial charge in [0.25, 0.3) is 15.9 Å². The molecule has 0 aliphatic heterocycles. The Morgan fingerprint density at radius 3 is 2.33 bits per heavy atom. The molecule has 9 nitrogen and oxygen atoms in total. The second-order valence-electron chi connectivity index (χ2n) is 9.06. The van der Waals surface area contributed by atoms with Crippen LogP contribution in [0.25, 0.3) is 5.69 Å². The van der Waals surface area contributed by atoms with Crippen LogP contribution in [0.4, 0.5) is 10.1 Å². The van der Waals surface area contributed by atoms with Crippen molar-refractivity contribution in [1.82, 2.24) is 9.99 Å². The number of hydrogen-bond donors (Lipinski definition) is 1. The lowest BCUT2D eigenvalue weighted by Gasteiger charge is -2.24. The van der Waals surface area contributed by atoms with Crippen molar-refractivity contribution in [2.75, 3.05) is 25.1 Å². The molecule has 220 valence electrons. The highest BCUT2D eigenvalue weighted by molar-refractivity contribution is 7.92. The third-order valence-corrected chi connectivity index (χ3v) is 8.67. The summed E-state index contributed by atoms with van der Waals surface area (Å²) in [5.41, 5.74) is 5.56. The number of nitrogens with zero attached hydrogens (tertiary/aromatic N) is 3. The largest absolute Gasteiger partial charge is 0.493 e. The molecule has 0 atom stereocenters. The molecule has 0 unspecified atom stereocenters. The molecule has 13 heteroatoms. The third-order valence-electron chi connectivity index (χ3n) is 6.36. The number of ether oxygens (including phenoxy) is 2. The van der Waals surface area contributed by atoms with E-state index < -0.39 is 28.3 Å². The molecule has 0 bridgehead atoms. The predicted octanol–water partition coefficient (Wildman–Crippen LogP) is 5.90. The van der Waals surface area contributed by atoms with Crippen LogP contribution in [0.3, 0.4) is 0 Å². The van der Waals surface area contributed by atoms with Gasteiger partial charge in [-0.15, -0.1) is 0 Å². The maximum Gasteiger partial charge on any atom is 0.264 e. The van der Waals surface area contributed by atoms with Gasteiger partial charge >= 0.3 is 0 Å². The van der Waals surface area contributed by atoms with Gasteiger partial charge in [-0.1, -0.05) is 23.2 Å².